The van der Waals surface area contributed by atoms with Gasteiger partial charge in [0.05, 0.1) is 0 Å². The number of hydrogen-bond acceptors (Lipinski definition) is 4. The summed E-state index contributed by atoms with van der Waals surface area (Å²) in [7, 11) is 0. The standard InChI is InChI=1S/C21H26N2O3/c1-14-9-10-15(2)23(14)17-7-5-11-22(13-17)20(24)18-12-16-6-3-4-8-19(16)26-21(18)25/h3-4,6,8,12,14-15,17H,5,7,9-11,13H2,1-2H3/t14-,15-,17-/m1/s1. The topological polar surface area (TPSA) is 53.8 Å². The smallest absolute Gasteiger partial charge is 0.349 e. The minimum absolute atomic E-state index is 0.145. The van der Waals surface area contributed by atoms with Gasteiger partial charge in [-0.3, -0.25) is 9.69 Å². The van der Waals surface area contributed by atoms with Crippen LogP contribution in [-0.2, 0) is 0 Å². The summed E-state index contributed by atoms with van der Waals surface area (Å²) in [6.07, 6.45) is 4.54. The van der Waals surface area contributed by atoms with E-state index in [0.717, 1.165) is 18.2 Å². The second-order valence-corrected chi connectivity index (χ2v) is 7.76. The fourth-order valence-electron chi connectivity index (χ4n) is 4.70. The molecule has 0 saturated carbocycles. The van der Waals surface area contributed by atoms with Crippen molar-refractivity contribution in [2.45, 2.75) is 57.7 Å². The monoisotopic (exact) mass is 354 g/mol. The van der Waals surface area contributed by atoms with Gasteiger partial charge in [-0.1, -0.05) is 18.2 Å². The number of fused-ring (bicyclic) bond motifs is 1. The quantitative estimate of drug-likeness (QED) is 0.777. The highest BCUT2D eigenvalue weighted by molar-refractivity contribution is 5.96. The van der Waals surface area contributed by atoms with Gasteiger partial charge in [0.25, 0.3) is 5.91 Å². The number of para-hydroxylation sites is 1. The molecule has 0 bridgehead atoms. The highest BCUT2D eigenvalue weighted by atomic mass is 16.4. The molecule has 0 aliphatic carbocycles. The molecule has 5 nitrogen and oxygen atoms in total. The molecule has 1 aromatic carbocycles. The van der Waals surface area contributed by atoms with Gasteiger partial charge in [0.2, 0.25) is 0 Å². The van der Waals surface area contributed by atoms with Crippen LogP contribution in [0.1, 0.15) is 49.9 Å². The average Bonchev–Trinajstić information content (AvgIpc) is 2.99. The summed E-state index contributed by atoms with van der Waals surface area (Å²) in [5.74, 6) is -0.200. The summed E-state index contributed by atoms with van der Waals surface area (Å²) in [4.78, 5) is 29.8. The fraction of sp³-hybridized carbons (Fsp3) is 0.524. The molecule has 0 spiro atoms. The molecule has 1 aromatic heterocycles. The Hall–Kier alpha value is -2.14. The van der Waals surface area contributed by atoms with Gasteiger partial charge in [-0.05, 0) is 51.7 Å². The Kier molecular flexibility index (Phi) is 4.57. The maximum absolute atomic E-state index is 13.0. The van der Waals surface area contributed by atoms with E-state index < -0.39 is 5.63 Å². The number of carbonyl (C=O) groups excluding carboxylic acids is 1. The molecule has 0 N–H and O–H groups in total. The van der Waals surface area contributed by atoms with Crippen LogP contribution in [0.15, 0.2) is 39.5 Å². The first kappa shape index (κ1) is 17.3. The molecule has 2 aliphatic heterocycles. The van der Waals surface area contributed by atoms with E-state index in [0.29, 0.717) is 36.8 Å². The van der Waals surface area contributed by atoms with Gasteiger partial charge < -0.3 is 9.32 Å². The molecular weight excluding hydrogens is 328 g/mol. The number of rotatable bonds is 2. The lowest BCUT2D eigenvalue weighted by molar-refractivity contribution is 0.0484. The molecule has 138 valence electrons. The fourth-order valence-corrected chi connectivity index (χ4v) is 4.70. The zero-order valence-corrected chi connectivity index (χ0v) is 15.5. The molecule has 2 aliphatic rings. The van der Waals surface area contributed by atoms with Crippen molar-refractivity contribution in [2.75, 3.05) is 13.1 Å². The maximum Gasteiger partial charge on any atom is 0.349 e. The highest BCUT2D eigenvalue weighted by Gasteiger charge is 2.36. The first-order valence-corrected chi connectivity index (χ1v) is 9.64. The highest BCUT2D eigenvalue weighted by Crippen LogP contribution is 2.30. The Bertz CT molecular complexity index is 865. The van der Waals surface area contributed by atoms with Crippen LogP contribution >= 0.6 is 0 Å². The normalized spacial score (nSPS) is 27.2. The van der Waals surface area contributed by atoms with E-state index in [9.17, 15) is 9.59 Å². The molecule has 4 rings (SSSR count). The summed E-state index contributed by atoms with van der Waals surface area (Å²) in [5.41, 5.74) is 0.121. The zero-order valence-electron chi connectivity index (χ0n) is 15.5. The van der Waals surface area contributed by atoms with Crippen molar-refractivity contribution in [1.29, 1.82) is 0 Å². The van der Waals surface area contributed by atoms with E-state index >= 15 is 0 Å². The van der Waals surface area contributed by atoms with E-state index in [-0.39, 0.29) is 11.5 Å². The Morgan fingerprint density at radius 2 is 1.85 bits per heavy atom. The number of likely N-dealkylation sites (tertiary alicyclic amines) is 2. The van der Waals surface area contributed by atoms with Crippen molar-refractivity contribution in [3.8, 4) is 0 Å². The van der Waals surface area contributed by atoms with Gasteiger partial charge >= 0.3 is 5.63 Å². The van der Waals surface area contributed by atoms with Crippen LogP contribution in [0.3, 0.4) is 0 Å². The van der Waals surface area contributed by atoms with Crippen molar-refractivity contribution < 1.29 is 9.21 Å². The largest absolute Gasteiger partial charge is 0.422 e. The van der Waals surface area contributed by atoms with Crippen molar-refractivity contribution in [2.24, 2.45) is 0 Å². The van der Waals surface area contributed by atoms with Gasteiger partial charge in [-0.25, -0.2) is 4.79 Å². The van der Waals surface area contributed by atoms with Crippen LogP contribution in [0.5, 0.6) is 0 Å². The van der Waals surface area contributed by atoms with Crippen LogP contribution < -0.4 is 5.63 Å². The summed E-state index contributed by atoms with van der Waals surface area (Å²) in [5, 5.41) is 0.783. The van der Waals surface area contributed by atoms with Crippen LogP contribution in [0.4, 0.5) is 0 Å². The zero-order chi connectivity index (χ0) is 18.3. The van der Waals surface area contributed by atoms with Crippen LogP contribution in [0.25, 0.3) is 11.0 Å². The maximum atomic E-state index is 13.0. The van der Waals surface area contributed by atoms with Crippen molar-refractivity contribution in [1.82, 2.24) is 9.80 Å². The van der Waals surface area contributed by atoms with E-state index in [1.54, 1.807) is 12.1 Å². The van der Waals surface area contributed by atoms with Gasteiger partial charge in [0, 0.05) is 36.6 Å². The molecule has 2 saturated heterocycles. The average molecular weight is 354 g/mol. The van der Waals surface area contributed by atoms with Gasteiger partial charge in [-0.15, -0.1) is 0 Å². The van der Waals surface area contributed by atoms with Crippen molar-refractivity contribution in [3.05, 3.63) is 46.3 Å². The van der Waals surface area contributed by atoms with E-state index in [1.807, 2.05) is 23.1 Å². The van der Waals surface area contributed by atoms with Gasteiger partial charge in [0.15, 0.2) is 0 Å². The number of amides is 1. The molecule has 2 aromatic rings. The first-order valence-electron chi connectivity index (χ1n) is 9.64. The van der Waals surface area contributed by atoms with Gasteiger partial charge in [0.1, 0.15) is 11.1 Å². The van der Waals surface area contributed by atoms with Crippen LogP contribution in [0.2, 0.25) is 0 Å². The second-order valence-electron chi connectivity index (χ2n) is 7.76. The summed E-state index contributed by atoms with van der Waals surface area (Å²) in [6, 6.07) is 10.5. The number of benzene rings is 1. The third-order valence-electron chi connectivity index (χ3n) is 6.00. The number of hydrogen-bond donors (Lipinski definition) is 0. The Balaban J connectivity index is 1.58. The van der Waals surface area contributed by atoms with Gasteiger partial charge in [-0.2, -0.15) is 0 Å². The minimum Gasteiger partial charge on any atom is -0.422 e. The van der Waals surface area contributed by atoms with Crippen molar-refractivity contribution in [3.63, 3.8) is 0 Å². The molecular formula is C21H26N2O3. The third-order valence-corrected chi connectivity index (χ3v) is 6.00. The predicted molar refractivity (Wildman–Crippen MR) is 101 cm³/mol. The van der Waals surface area contributed by atoms with Crippen LogP contribution in [0, 0.1) is 0 Å². The predicted octanol–water partition coefficient (Wildman–Crippen LogP) is 3.27. The number of piperidine rings is 1. The Morgan fingerprint density at radius 3 is 2.62 bits per heavy atom. The molecule has 2 fully saturated rings. The third kappa shape index (κ3) is 3.05. The molecule has 0 unspecified atom stereocenters. The minimum atomic E-state index is -0.543. The Morgan fingerprint density at radius 1 is 1.12 bits per heavy atom. The van der Waals surface area contributed by atoms with Crippen LogP contribution in [-0.4, -0.2) is 46.9 Å². The summed E-state index contributed by atoms with van der Waals surface area (Å²) in [6.45, 7) is 5.96. The lowest BCUT2D eigenvalue weighted by Gasteiger charge is -2.41. The molecule has 3 heterocycles. The number of nitrogens with zero attached hydrogens (tertiary/aromatic N) is 2. The summed E-state index contributed by atoms with van der Waals surface area (Å²) >= 11 is 0. The Labute approximate surface area is 153 Å². The number of carbonyl (C=O) groups is 1. The van der Waals surface area contributed by atoms with Crippen molar-refractivity contribution >= 4 is 16.9 Å². The summed E-state index contributed by atoms with van der Waals surface area (Å²) < 4.78 is 5.35. The van der Waals surface area contributed by atoms with E-state index in [2.05, 4.69) is 18.7 Å². The molecule has 1 amide bonds. The second kappa shape index (κ2) is 6.88. The molecule has 5 heteroatoms. The SMILES string of the molecule is C[C@@H]1CC[C@@H](C)N1[C@@H]1CCCN(C(=O)c2cc3ccccc3oc2=O)C1. The lowest BCUT2D eigenvalue weighted by atomic mass is 10.0. The van der Waals surface area contributed by atoms with E-state index in [4.69, 9.17) is 4.42 Å². The molecule has 3 atom stereocenters. The van der Waals surface area contributed by atoms with E-state index in [1.165, 1.54) is 12.8 Å². The lowest BCUT2D eigenvalue weighted by Crippen LogP contribution is -2.53. The molecule has 0 radical (unpaired) electrons. The molecule has 26 heavy (non-hydrogen) atoms. The first-order chi connectivity index (χ1) is 12.5.